The van der Waals surface area contributed by atoms with E-state index in [1.54, 1.807) is 0 Å². The van der Waals surface area contributed by atoms with E-state index >= 15 is 0 Å². The zero-order valence-corrected chi connectivity index (χ0v) is 12.7. The highest BCUT2D eigenvalue weighted by Gasteiger charge is 2.09. The van der Waals surface area contributed by atoms with Crippen molar-refractivity contribution in [3.8, 4) is 0 Å². The van der Waals surface area contributed by atoms with Gasteiger partial charge in [-0.2, -0.15) is 5.10 Å². The van der Waals surface area contributed by atoms with Gasteiger partial charge in [0.1, 0.15) is 18.0 Å². The van der Waals surface area contributed by atoms with Crippen LogP contribution in [-0.2, 0) is 13.1 Å². The molecule has 102 valence electrons. The second-order valence-electron chi connectivity index (χ2n) is 4.00. The highest BCUT2D eigenvalue weighted by atomic mass is 79.9. The van der Waals surface area contributed by atoms with Crippen LogP contribution in [0.5, 0.6) is 0 Å². The van der Waals surface area contributed by atoms with E-state index in [1.165, 1.54) is 18.5 Å². The molecular formula is C12H13BrClFN4. The minimum Gasteiger partial charge on any atom is -0.376 e. The Morgan fingerprint density at radius 3 is 2.95 bits per heavy atom. The van der Waals surface area contributed by atoms with Crippen molar-refractivity contribution in [1.82, 2.24) is 14.8 Å². The molecule has 0 aliphatic carbocycles. The molecule has 0 radical (unpaired) electrons. The van der Waals surface area contributed by atoms with Gasteiger partial charge in [-0.3, -0.25) is 0 Å². The molecule has 1 N–H and O–H groups in total. The average Bonchev–Trinajstić information content (AvgIpc) is 2.76. The van der Waals surface area contributed by atoms with Gasteiger partial charge in [0, 0.05) is 11.0 Å². The topological polar surface area (TPSA) is 42.7 Å². The number of benzene rings is 1. The average molecular weight is 348 g/mol. The SMILES string of the molecule is CCCn1ncnc1CNc1c(Cl)cc(F)cc1Br. The summed E-state index contributed by atoms with van der Waals surface area (Å²) in [6, 6.07) is 2.64. The van der Waals surface area contributed by atoms with Gasteiger partial charge in [-0.25, -0.2) is 14.1 Å². The van der Waals surface area contributed by atoms with E-state index < -0.39 is 0 Å². The zero-order valence-electron chi connectivity index (χ0n) is 10.3. The first-order valence-corrected chi connectivity index (χ1v) is 7.04. The fourth-order valence-electron chi connectivity index (χ4n) is 1.70. The molecule has 1 aromatic heterocycles. The van der Waals surface area contributed by atoms with E-state index in [-0.39, 0.29) is 5.82 Å². The van der Waals surface area contributed by atoms with Gasteiger partial charge in [0.25, 0.3) is 0 Å². The van der Waals surface area contributed by atoms with Crippen LogP contribution in [0.1, 0.15) is 19.2 Å². The number of nitrogens with one attached hydrogen (secondary N) is 1. The van der Waals surface area contributed by atoms with Gasteiger partial charge in [0.15, 0.2) is 0 Å². The number of aromatic nitrogens is 3. The number of anilines is 1. The second kappa shape index (κ2) is 6.34. The Morgan fingerprint density at radius 1 is 1.47 bits per heavy atom. The normalized spacial score (nSPS) is 10.7. The van der Waals surface area contributed by atoms with Crippen LogP contribution in [-0.4, -0.2) is 14.8 Å². The Morgan fingerprint density at radius 2 is 2.26 bits per heavy atom. The maximum absolute atomic E-state index is 13.1. The van der Waals surface area contributed by atoms with Gasteiger partial charge in [-0.15, -0.1) is 0 Å². The number of hydrogen-bond donors (Lipinski definition) is 1. The molecule has 0 unspecified atom stereocenters. The third kappa shape index (κ3) is 3.45. The van der Waals surface area contributed by atoms with E-state index in [0.717, 1.165) is 18.8 Å². The lowest BCUT2D eigenvalue weighted by Gasteiger charge is -2.11. The number of hydrogen-bond acceptors (Lipinski definition) is 3. The largest absolute Gasteiger partial charge is 0.376 e. The van der Waals surface area contributed by atoms with Crippen LogP contribution in [0.3, 0.4) is 0 Å². The third-order valence-electron chi connectivity index (χ3n) is 2.56. The van der Waals surface area contributed by atoms with Crippen LogP contribution < -0.4 is 5.32 Å². The van der Waals surface area contributed by atoms with Crippen LogP contribution in [0.15, 0.2) is 22.9 Å². The molecule has 0 saturated heterocycles. The summed E-state index contributed by atoms with van der Waals surface area (Å²) in [6.45, 7) is 3.37. The Balaban J connectivity index is 2.12. The number of rotatable bonds is 5. The monoisotopic (exact) mass is 346 g/mol. The fourth-order valence-corrected chi connectivity index (χ4v) is 2.66. The van der Waals surface area contributed by atoms with E-state index in [9.17, 15) is 4.39 Å². The lowest BCUT2D eigenvalue weighted by atomic mass is 10.3. The molecule has 4 nitrogen and oxygen atoms in total. The van der Waals surface area contributed by atoms with Gasteiger partial charge >= 0.3 is 0 Å². The van der Waals surface area contributed by atoms with Crippen molar-refractivity contribution >= 4 is 33.2 Å². The molecule has 0 amide bonds. The molecule has 2 aromatic rings. The Hall–Kier alpha value is -1.14. The van der Waals surface area contributed by atoms with Crippen molar-refractivity contribution in [2.45, 2.75) is 26.4 Å². The maximum Gasteiger partial charge on any atom is 0.146 e. The predicted octanol–water partition coefficient (Wildman–Crippen LogP) is 3.86. The summed E-state index contributed by atoms with van der Waals surface area (Å²) in [7, 11) is 0. The molecule has 0 spiro atoms. The Kier molecular flexibility index (Phi) is 4.76. The summed E-state index contributed by atoms with van der Waals surface area (Å²) >= 11 is 9.28. The smallest absolute Gasteiger partial charge is 0.146 e. The minimum atomic E-state index is -0.378. The van der Waals surface area contributed by atoms with Crippen molar-refractivity contribution in [2.24, 2.45) is 0 Å². The maximum atomic E-state index is 13.1. The molecule has 0 aliphatic heterocycles. The highest BCUT2D eigenvalue weighted by molar-refractivity contribution is 9.10. The fraction of sp³-hybridized carbons (Fsp3) is 0.333. The molecule has 1 heterocycles. The first-order valence-electron chi connectivity index (χ1n) is 5.87. The molecule has 19 heavy (non-hydrogen) atoms. The standard InChI is InChI=1S/C12H13BrClFN4/c1-2-3-19-11(17-7-18-19)6-16-12-9(13)4-8(15)5-10(12)14/h4-5,7,16H,2-3,6H2,1H3. The Bertz CT molecular complexity index is 550. The first kappa shape index (κ1) is 14.3. The van der Waals surface area contributed by atoms with Crippen LogP contribution in [0.4, 0.5) is 10.1 Å². The van der Waals surface area contributed by atoms with Gasteiger partial charge in [-0.1, -0.05) is 18.5 Å². The third-order valence-corrected chi connectivity index (χ3v) is 3.48. The van der Waals surface area contributed by atoms with Crippen molar-refractivity contribution in [3.05, 3.63) is 39.6 Å². The number of halogens is 3. The van der Waals surface area contributed by atoms with Gasteiger partial charge in [0.2, 0.25) is 0 Å². The lowest BCUT2D eigenvalue weighted by Crippen LogP contribution is -2.10. The number of nitrogens with zero attached hydrogens (tertiary/aromatic N) is 3. The summed E-state index contributed by atoms with van der Waals surface area (Å²) in [6.07, 6.45) is 2.51. The molecule has 2 rings (SSSR count). The molecule has 0 aliphatic rings. The van der Waals surface area contributed by atoms with Crippen LogP contribution in [0, 0.1) is 5.82 Å². The van der Waals surface area contributed by atoms with E-state index in [0.29, 0.717) is 21.7 Å². The summed E-state index contributed by atoms with van der Waals surface area (Å²) in [4.78, 5) is 4.18. The van der Waals surface area contributed by atoms with Crippen molar-refractivity contribution < 1.29 is 4.39 Å². The van der Waals surface area contributed by atoms with Crippen molar-refractivity contribution in [3.63, 3.8) is 0 Å². The van der Waals surface area contributed by atoms with Gasteiger partial charge in [-0.05, 0) is 34.5 Å². The highest BCUT2D eigenvalue weighted by Crippen LogP contribution is 2.31. The van der Waals surface area contributed by atoms with Crippen LogP contribution >= 0.6 is 27.5 Å². The summed E-state index contributed by atoms with van der Waals surface area (Å²) in [5.74, 6) is 0.436. The lowest BCUT2D eigenvalue weighted by molar-refractivity contribution is 0.574. The molecule has 7 heteroatoms. The van der Waals surface area contributed by atoms with Crippen molar-refractivity contribution in [2.75, 3.05) is 5.32 Å². The van der Waals surface area contributed by atoms with E-state index in [4.69, 9.17) is 11.6 Å². The Labute approximate surface area is 124 Å². The second-order valence-corrected chi connectivity index (χ2v) is 5.26. The van der Waals surface area contributed by atoms with Crippen LogP contribution in [0.25, 0.3) is 0 Å². The molecule has 0 fully saturated rings. The molecular weight excluding hydrogens is 335 g/mol. The predicted molar refractivity (Wildman–Crippen MR) is 76.7 cm³/mol. The molecule has 0 saturated carbocycles. The van der Waals surface area contributed by atoms with E-state index in [2.05, 4.69) is 38.3 Å². The molecule has 1 aromatic carbocycles. The zero-order chi connectivity index (χ0) is 13.8. The summed E-state index contributed by atoms with van der Waals surface area (Å²) in [5.41, 5.74) is 0.647. The first-order chi connectivity index (χ1) is 9.11. The number of aryl methyl sites for hydroxylation is 1. The van der Waals surface area contributed by atoms with E-state index in [1.807, 2.05) is 4.68 Å². The molecule has 0 bridgehead atoms. The quantitative estimate of drug-likeness (QED) is 0.893. The van der Waals surface area contributed by atoms with Crippen LogP contribution in [0.2, 0.25) is 5.02 Å². The minimum absolute atomic E-state index is 0.327. The van der Waals surface area contributed by atoms with Crippen molar-refractivity contribution in [1.29, 1.82) is 0 Å². The molecule has 0 atom stereocenters. The van der Waals surface area contributed by atoms with Gasteiger partial charge < -0.3 is 5.32 Å². The summed E-state index contributed by atoms with van der Waals surface area (Å²) < 4.78 is 15.5. The van der Waals surface area contributed by atoms with Gasteiger partial charge in [0.05, 0.1) is 17.3 Å². The summed E-state index contributed by atoms with van der Waals surface area (Å²) in [5, 5.41) is 7.61.